The molecule has 0 aromatic carbocycles. The molecule has 0 spiro atoms. The molecule has 0 saturated carbocycles. The summed E-state index contributed by atoms with van der Waals surface area (Å²) in [5, 5.41) is 10.6. The van der Waals surface area contributed by atoms with Crippen molar-refractivity contribution in [2.75, 3.05) is 39.6 Å². The average Bonchev–Trinajstić information content (AvgIpc) is 2.59. The number of hydrogen-bond acceptors (Lipinski definition) is 15. The molecule has 0 radical (unpaired) electrons. The van der Waals surface area contributed by atoms with Crippen molar-refractivity contribution in [3.8, 4) is 0 Å². The van der Waals surface area contributed by atoms with Crippen LogP contribution in [0.15, 0.2) is 0 Å². The van der Waals surface area contributed by atoms with Gasteiger partial charge < -0.3 is 33.8 Å². The van der Waals surface area contributed by atoms with Gasteiger partial charge in [-0.05, 0) is 37.5 Å². The highest BCUT2D eigenvalue weighted by atomic mass is 31.2. The normalized spacial score (nSPS) is 14.3. The van der Waals surface area contributed by atoms with Gasteiger partial charge in [0.15, 0.2) is 12.2 Å². The highest BCUT2D eigenvalue weighted by Crippen LogP contribution is 2.45. The van der Waals surface area contributed by atoms with E-state index in [0.29, 0.717) is 25.7 Å². The first-order chi connectivity index (χ1) is 46.4. The Balaban J connectivity index is 5.25. The van der Waals surface area contributed by atoms with Crippen LogP contribution in [0.4, 0.5) is 0 Å². The molecule has 19 heteroatoms. The van der Waals surface area contributed by atoms with E-state index in [1.165, 1.54) is 218 Å². The van der Waals surface area contributed by atoms with E-state index in [1.54, 1.807) is 0 Å². The van der Waals surface area contributed by atoms with Crippen LogP contribution in [0.5, 0.6) is 0 Å². The van der Waals surface area contributed by atoms with Gasteiger partial charge in [-0.2, -0.15) is 0 Å². The molecule has 0 aliphatic rings. The van der Waals surface area contributed by atoms with Crippen LogP contribution in [-0.2, 0) is 65.4 Å². The smallest absolute Gasteiger partial charge is 0.462 e. The standard InChI is InChI=1S/C77H150O17P2/c1-7-10-12-14-16-18-20-21-22-23-24-25-26-28-37-43-49-55-61-76(81)93-72(66-88-75(80)60-54-48-42-36-32-30-34-40-46-52-58-70(6)9-3)67-91-95(83,84)89-63-71(78)64-90-96(85,86)92-68-73(65-87-74(79)59-53-47-41-35-27-19-17-15-13-11-8-2)94-77(82)62-56-50-44-38-31-29-33-39-45-51-57-69(4)5/h69-73,78H,7-68H2,1-6H3,(H,83,84)(H,85,86)/t70?,71-,72-,73-/m1/s1. The van der Waals surface area contributed by atoms with Gasteiger partial charge in [-0.25, -0.2) is 9.13 Å². The van der Waals surface area contributed by atoms with Crippen molar-refractivity contribution in [3.63, 3.8) is 0 Å². The fraction of sp³-hybridized carbons (Fsp3) is 0.948. The number of phosphoric acid groups is 2. The first-order valence-electron chi connectivity index (χ1n) is 40.0. The van der Waals surface area contributed by atoms with E-state index < -0.39 is 97.5 Å². The number of aliphatic hydroxyl groups excluding tert-OH is 1. The lowest BCUT2D eigenvalue weighted by Gasteiger charge is -2.21. The van der Waals surface area contributed by atoms with Crippen molar-refractivity contribution in [1.82, 2.24) is 0 Å². The molecule has 0 aromatic rings. The fourth-order valence-electron chi connectivity index (χ4n) is 11.8. The number of unbranched alkanes of at least 4 members (excludes halogenated alkanes) is 45. The van der Waals surface area contributed by atoms with Gasteiger partial charge in [-0.3, -0.25) is 37.3 Å². The summed E-state index contributed by atoms with van der Waals surface area (Å²) < 4.78 is 68.6. The third-order valence-electron chi connectivity index (χ3n) is 18.3. The highest BCUT2D eigenvalue weighted by Gasteiger charge is 2.30. The maximum absolute atomic E-state index is 13.1. The number of ether oxygens (including phenoxy) is 4. The highest BCUT2D eigenvalue weighted by molar-refractivity contribution is 7.47. The number of rotatable bonds is 76. The molecule has 0 aliphatic carbocycles. The molecular formula is C77H150O17P2. The molecule has 6 atom stereocenters. The molecule has 570 valence electrons. The average molecular weight is 1410 g/mol. The van der Waals surface area contributed by atoms with Crippen molar-refractivity contribution in [2.24, 2.45) is 11.8 Å². The van der Waals surface area contributed by atoms with Crippen LogP contribution in [0.1, 0.15) is 401 Å². The third-order valence-corrected chi connectivity index (χ3v) is 20.2. The van der Waals surface area contributed by atoms with Crippen LogP contribution in [0.25, 0.3) is 0 Å². The van der Waals surface area contributed by atoms with E-state index in [0.717, 1.165) is 102 Å². The van der Waals surface area contributed by atoms with Gasteiger partial charge in [0.1, 0.15) is 19.3 Å². The van der Waals surface area contributed by atoms with Gasteiger partial charge in [-0.15, -0.1) is 0 Å². The minimum absolute atomic E-state index is 0.106. The summed E-state index contributed by atoms with van der Waals surface area (Å²) in [6.07, 6.45) is 56.7. The quantitative estimate of drug-likeness (QED) is 0.0222. The minimum atomic E-state index is -4.96. The second kappa shape index (κ2) is 68.8. The van der Waals surface area contributed by atoms with Crippen LogP contribution < -0.4 is 0 Å². The maximum atomic E-state index is 13.1. The second-order valence-corrected chi connectivity index (χ2v) is 31.4. The predicted molar refractivity (Wildman–Crippen MR) is 391 cm³/mol. The van der Waals surface area contributed by atoms with Crippen molar-refractivity contribution < 1.29 is 80.2 Å². The Kier molecular flexibility index (Phi) is 67.4. The summed E-state index contributed by atoms with van der Waals surface area (Å²) >= 11 is 0. The van der Waals surface area contributed by atoms with Gasteiger partial charge in [0.25, 0.3) is 0 Å². The lowest BCUT2D eigenvalue weighted by atomic mass is 9.99. The van der Waals surface area contributed by atoms with Gasteiger partial charge in [-0.1, -0.05) is 350 Å². The summed E-state index contributed by atoms with van der Waals surface area (Å²) in [4.78, 5) is 72.9. The Labute approximate surface area is 588 Å². The molecule has 0 aliphatic heterocycles. The third kappa shape index (κ3) is 69.2. The number of aliphatic hydroxyl groups is 1. The Morgan fingerprint density at radius 1 is 0.302 bits per heavy atom. The SMILES string of the molecule is CCCCCCCCCCCCCCCCCCCCC(=O)O[C@H](COC(=O)CCCCCCCCCCCCC(C)CC)COP(=O)(O)OC[C@@H](O)COP(=O)(O)OC[C@@H](COC(=O)CCCCCCCCCCCCC)OC(=O)CCCCCCCCCCCCC(C)C. The van der Waals surface area contributed by atoms with Crippen LogP contribution in [0.3, 0.4) is 0 Å². The van der Waals surface area contributed by atoms with E-state index >= 15 is 0 Å². The molecule has 0 amide bonds. The Hall–Kier alpha value is -1.94. The molecule has 0 saturated heterocycles. The zero-order chi connectivity index (χ0) is 70.7. The van der Waals surface area contributed by atoms with Crippen molar-refractivity contribution >= 4 is 39.5 Å². The van der Waals surface area contributed by atoms with E-state index in [9.17, 15) is 43.2 Å². The molecular weight excluding hydrogens is 1260 g/mol. The Morgan fingerprint density at radius 2 is 0.531 bits per heavy atom. The van der Waals surface area contributed by atoms with E-state index in [-0.39, 0.29) is 25.7 Å². The summed E-state index contributed by atoms with van der Waals surface area (Å²) in [5.41, 5.74) is 0. The van der Waals surface area contributed by atoms with Crippen LogP contribution in [0.2, 0.25) is 0 Å². The summed E-state index contributed by atoms with van der Waals surface area (Å²) in [7, 11) is -9.91. The molecule has 96 heavy (non-hydrogen) atoms. The van der Waals surface area contributed by atoms with Crippen LogP contribution >= 0.6 is 15.6 Å². The van der Waals surface area contributed by atoms with Gasteiger partial charge in [0, 0.05) is 25.7 Å². The van der Waals surface area contributed by atoms with Crippen LogP contribution in [0, 0.1) is 11.8 Å². The van der Waals surface area contributed by atoms with Gasteiger partial charge in [0.2, 0.25) is 0 Å². The van der Waals surface area contributed by atoms with Crippen LogP contribution in [-0.4, -0.2) is 96.7 Å². The lowest BCUT2D eigenvalue weighted by Crippen LogP contribution is -2.30. The van der Waals surface area contributed by atoms with Gasteiger partial charge in [0.05, 0.1) is 26.4 Å². The summed E-state index contributed by atoms with van der Waals surface area (Å²) in [5.74, 6) is -0.551. The number of carbonyl (C=O) groups is 4. The number of carbonyl (C=O) groups excluding carboxylic acids is 4. The molecule has 17 nitrogen and oxygen atoms in total. The molecule has 3 unspecified atom stereocenters. The Bertz CT molecular complexity index is 1860. The van der Waals surface area contributed by atoms with E-state index in [2.05, 4.69) is 41.5 Å². The number of hydrogen-bond donors (Lipinski definition) is 3. The second-order valence-electron chi connectivity index (χ2n) is 28.5. The lowest BCUT2D eigenvalue weighted by molar-refractivity contribution is -0.161. The first kappa shape index (κ1) is 94.1. The van der Waals surface area contributed by atoms with Crippen molar-refractivity contribution in [3.05, 3.63) is 0 Å². The van der Waals surface area contributed by atoms with Gasteiger partial charge >= 0.3 is 39.5 Å². The molecule has 0 fully saturated rings. The molecule has 3 N–H and O–H groups in total. The summed E-state index contributed by atoms with van der Waals surface area (Å²) in [6.45, 7) is 9.62. The molecule has 0 aromatic heterocycles. The fourth-order valence-corrected chi connectivity index (χ4v) is 13.4. The number of esters is 4. The largest absolute Gasteiger partial charge is 0.472 e. The minimum Gasteiger partial charge on any atom is -0.462 e. The molecule has 0 rings (SSSR count). The Morgan fingerprint density at radius 3 is 0.792 bits per heavy atom. The number of phosphoric ester groups is 2. The maximum Gasteiger partial charge on any atom is 0.472 e. The molecule has 0 bridgehead atoms. The zero-order valence-corrected chi connectivity index (χ0v) is 64.5. The first-order valence-corrected chi connectivity index (χ1v) is 43.0. The topological polar surface area (TPSA) is 237 Å². The monoisotopic (exact) mass is 1410 g/mol. The summed E-state index contributed by atoms with van der Waals surface area (Å²) in [6, 6.07) is 0. The van der Waals surface area contributed by atoms with Crippen molar-refractivity contribution in [1.29, 1.82) is 0 Å². The predicted octanol–water partition coefficient (Wildman–Crippen LogP) is 22.7. The zero-order valence-electron chi connectivity index (χ0n) is 62.7. The van der Waals surface area contributed by atoms with Crippen molar-refractivity contribution in [2.45, 2.75) is 419 Å². The molecule has 0 heterocycles. The van der Waals surface area contributed by atoms with E-state index in [4.69, 9.17) is 37.0 Å². The van der Waals surface area contributed by atoms with E-state index in [1.807, 2.05) is 0 Å².